The van der Waals surface area contributed by atoms with Crippen LogP contribution in [0.5, 0.6) is 0 Å². The van der Waals surface area contributed by atoms with E-state index in [4.69, 9.17) is 4.74 Å². The van der Waals surface area contributed by atoms with Crippen molar-refractivity contribution in [2.45, 2.75) is 0 Å². The molecule has 6 nitrogen and oxygen atoms in total. The van der Waals surface area contributed by atoms with Gasteiger partial charge in [0.15, 0.2) is 0 Å². The van der Waals surface area contributed by atoms with Gasteiger partial charge in [0.25, 0.3) is 5.91 Å². The van der Waals surface area contributed by atoms with Crippen LogP contribution < -0.4 is 10.6 Å². The Morgan fingerprint density at radius 2 is 2.00 bits per heavy atom. The first kappa shape index (κ1) is 18.0. The van der Waals surface area contributed by atoms with Crippen LogP contribution in [0.3, 0.4) is 0 Å². The molecule has 0 saturated heterocycles. The summed E-state index contributed by atoms with van der Waals surface area (Å²) in [5.41, 5.74) is 1.99. The minimum absolute atomic E-state index is 0.0897. The Kier molecular flexibility index (Phi) is 5.93. The lowest BCUT2D eigenvalue weighted by Gasteiger charge is -2.10. The second-order valence-electron chi connectivity index (χ2n) is 5.57. The molecule has 0 bridgehead atoms. The highest BCUT2D eigenvalue weighted by Gasteiger charge is 2.15. The van der Waals surface area contributed by atoms with Crippen LogP contribution in [0.1, 0.15) is 10.4 Å². The van der Waals surface area contributed by atoms with Crippen molar-refractivity contribution < 1.29 is 14.3 Å². The van der Waals surface area contributed by atoms with Crippen LogP contribution in [0.4, 0.5) is 0 Å². The van der Waals surface area contributed by atoms with Crippen LogP contribution in [0, 0.1) is 0 Å². The van der Waals surface area contributed by atoms with Gasteiger partial charge in [0, 0.05) is 19.0 Å². The molecule has 26 heavy (non-hydrogen) atoms. The standard InChI is InChI=1S/C19H19N3O3S/c1-25-9-8-20-18(23)12-21-19(24)14-11-16(17-7-4-10-26-17)22-15-6-3-2-5-13(14)15/h2-7,10-11H,8-9,12H2,1H3,(H,20,23)(H,21,24). The zero-order chi connectivity index (χ0) is 18.4. The number of ether oxygens (including phenoxy) is 1. The van der Waals surface area contributed by atoms with Crippen molar-refractivity contribution in [2.24, 2.45) is 0 Å². The van der Waals surface area contributed by atoms with Gasteiger partial charge in [-0.3, -0.25) is 9.59 Å². The van der Waals surface area contributed by atoms with Crippen LogP contribution in [-0.2, 0) is 9.53 Å². The zero-order valence-electron chi connectivity index (χ0n) is 14.3. The third kappa shape index (κ3) is 4.25. The molecule has 0 fully saturated rings. The van der Waals surface area contributed by atoms with Crippen molar-refractivity contribution in [3.05, 3.63) is 53.4 Å². The van der Waals surface area contributed by atoms with Crippen LogP contribution in [0.2, 0.25) is 0 Å². The highest BCUT2D eigenvalue weighted by molar-refractivity contribution is 7.13. The molecular formula is C19H19N3O3S. The van der Waals surface area contributed by atoms with E-state index >= 15 is 0 Å². The van der Waals surface area contributed by atoms with E-state index in [0.717, 1.165) is 21.5 Å². The Bertz CT molecular complexity index is 910. The third-order valence-electron chi connectivity index (χ3n) is 3.77. The molecule has 0 aliphatic heterocycles. The van der Waals surface area contributed by atoms with E-state index in [0.29, 0.717) is 18.7 Å². The predicted octanol–water partition coefficient (Wildman–Crippen LogP) is 2.46. The van der Waals surface area contributed by atoms with Gasteiger partial charge in [0.2, 0.25) is 5.91 Å². The highest BCUT2D eigenvalue weighted by atomic mass is 32.1. The second-order valence-corrected chi connectivity index (χ2v) is 6.52. The summed E-state index contributed by atoms with van der Waals surface area (Å²) in [4.78, 5) is 30.1. The van der Waals surface area contributed by atoms with Crippen molar-refractivity contribution in [1.82, 2.24) is 15.6 Å². The summed E-state index contributed by atoms with van der Waals surface area (Å²) >= 11 is 1.56. The molecule has 134 valence electrons. The van der Waals surface area contributed by atoms with Crippen LogP contribution in [0.15, 0.2) is 47.8 Å². The number of nitrogens with zero attached hydrogens (tertiary/aromatic N) is 1. The van der Waals surface area contributed by atoms with Crippen LogP contribution in [0.25, 0.3) is 21.5 Å². The van der Waals surface area contributed by atoms with Gasteiger partial charge in [-0.25, -0.2) is 4.98 Å². The van der Waals surface area contributed by atoms with Gasteiger partial charge in [-0.05, 0) is 23.6 Å². The van der Waals surface area contributed by atoms with Crippen molar-refractivity contribution in [1.29, 1.82) is 0 Å². The summed E-state index contributed by atoms with van der Waals surface area (Å²) in [7, 11) is 1.56. The Morgan fingerprint density at radius 3 is 2.77 bits per heavy atom. The number of carbonyl (C=O) groups is 2. The minimum Gasteiger partial charge on any atom is -0.383 e. The first-order valence-electron chi connectivity index (χ1n) is 8.16. The fraction of sp³-hybridized carbons (Fsp3) is 0.211. The number of aromatic nitrogens is 1. The molecule has 7 heteroatoms. The third-order valence-corrected chi connectivity index (χ3v) is 4.66. The monoisotopic (exact) mass is 369 g/mol. The molecular weight excluding hydrogens is 350 g/mol. The van der Waals surface area contributed by atoms with Crippen LogP contribution >= 0.6 is 11.3 Å². The Hall–Kier alpha value is -2.77. The molecule has 0 saturated carbocycles. The summed E-state index contributed by atoms with van der Waals surface area (Å²) in [5.74, 6) is -0.560. The summed E-state index contributed by atoms with van der Waals surface area (Å²) in [6, 6.07) is 13.2. The molecule has 0 unspecified atom stereocenters. The number of thiophene rings is 1. The quantitative estimate of drug-likeness (QED) is 0.627. The number of rotatable bonds is 7. The van der Waals surface area contributed by atoms with Gasteiger partial charge in [0.05, 0.1) is 34.8 Å². The van der Waals surface area contributed by atoms with Gasteiger partial charge in [-0.1, -0.05) is 24.3 Å². The van der Waals surface area contributed by atoms with E-state index in [1.165, 1.54) is 0 Å². The van der Waals surface area contributed by atoms with Crippen molar-refractivity contribution >= 4 is 34.1 Å². The number of amides is 2. The average molecular weight is 369 g/mol. The normalized spacial score (nSPS) is 10.7. The highest BCUT2D eigenvalue weighted by Crippen LogP contribution is 2.27. The van der Waals surface area contributed by atoms with E-state index in [1.54, 1.807) is 24.5 Å². The number of hydrogen-bond acceptors (Lipinski definition) is 5. The fourth-order valence-electron chi connectivity index (χ4n) is 2.52. The molecule has 1 aromatic carbocycles. The number of benzene rings is 1. The van der Waals surface area contributed by atoms with Gasteiger partial charge < -0.3 is 15.4 Å². The second kappa shape index (κ2) is 8.55. The molecule has 2 heterocycles. The summed E-state index contributed by atoms with van der Waals surface area (Å²) in [6.45, 7) is 0.748. The predicted molar refractivity (Wildman–Crippen MR) is 102 cm³/mol. The largest absolute Gasteiger partial charge is 0.383 e. The van der Waals surface area contributed by atoms with Gasteiger partial charge in [-0.15, -0.1) is 11.3 Å². The average Bonchev–Trinajstić information content (AvgIpc) is 3.20. The molecule has 0 spiro atoms. The molecule has 0 radical (unpaired) electrons. The Labute approximate surface area is 155 Å². The fourth-order valence-corrected chi connectivity index (χ4v) is 3.21. The lowest BCUT2D eigenvalue weighted by molar-refractivity contribution is -0.120. The number of carbonyl (C=O) groups excluding carboxylic acids is 2. The number of nitrogens with one attached hydrogen (secondary N) is 2. The Morgan fingerprint density at radius 1 is 1.15 bits per heavy atom. The zero-order valence-corrected chi connectivity index (χ0v) is 15.1. The molecule has 0 aliphatic carbocycles. The molecule has 3 rings (SSSR count). The molecule has 2 amide bonds. The maximum Gasteiger partial charge on any atom is 0.252 e. The van der Waals surface area contributed by atoms with E-state index < -0.39 is 0 Å². The molecule has 2 aromatic heterocycles. The van der Waals surface area contributed by atoms with E-state index in [1.807, 2.05) is 41.8 Å². The molecule has 0 atom stereocenters. The lowest BCUT2D eigenvalue weighted by Crippen LogP contribution is -2.38. The molecule has 2 N–H and O–H groups in total. The lowest BCUT2D eigenvalue weighted by atomic mass is 10.1. The molecule has 0 aliphatic rings. The maximum absolute atomic E-state index is 12.7. The first-order valence-corrected chi connectivity index (χ1v) is 9.04. The SMILES string of the molecule is COCCNC(=O)CNC(=O)c1cc(-c2cccs2)nc2ccccc12. The van der Waals surface area contributed by atoms with E-state index in [2.05, 4.69) is 15.6 Å². The number of pyridine rings is 1. The maximum atomic E-state index is 12.7. The van der Waals surface area contributed by atoms with Crippen molar-refractivity contribution in [3.63, 3.8) is 0 Å². The molecule has 3 aromatic rings. The number of para-hydroxylation sites is 1. The minimum atomic E-state index is -0.303. The van der Waals surface area contributed by atoms with Gasteiger partial charge >= 0.3 is 0 Å². The first-order chi connectivity index (χ1) is 12.7. The van der Waals surface area contributed by atoms with E-state index in [-0.39, 0.29) is 18.4 Å². The van der Waals surface area contributed by atoms with Crippen LogP contribution in [-0.4, -0.2) is 43.6 Å². The summed E-state index contributed by atoms with van der Waals surface area (Å²) < 4.78 is 4.88. The topological polar surface area (TPSA) is 80.3 Å². The number of fused-ring (bicyclic) bond motifs is 1. The van der Waals surface area contributed by atoms with Gasteiger partial charge in [-0.2, -0.15) is 0 Å². The van der Waals surface area contributed by atoms with E-state index in [9.17, 15) is 9.59 Å². The van der Waals surface area contributed by atoms with Crippen molar-refractivity contribution in [2.75, 3.05) is 26.8 Å². The Balaban J connectivity index is 1.81. The summed E-state index contributed by atoms with van der Waals surface area (Å²) in [5, 5.41) is 8.07. The number of hydrogen-bond donors (Lipinski definition) is 2. The number of methoxy groups -OCH3 is 1. The van der Waals surface area contributed by atoms with Gasteiger partial charge in [0.1, 0.15) is 0 Å². The smallest absolute Gasteiger partial charge is 0.252 e. The summed E-state index contributed by atoms with van der Waals surface area (Å²) in [6.07, 6.45) is 0. The van der Waals surface area contributed by atoms with Crippen molar-refractivity contribution in [3.8, 4) is 10.6 Å².